The number of thioether (sulfide) groups is 1. The Morgan fingerprint density at radius 1 is 1.14 bits per heavy atom. The Morgan fingerprint density at radius 2 is 1.90 bits per heavy atom. The highest BCUT2D eigenvalue weighted by atomic mass is 35.5. The van der Waals surface area contributed by atoms with Gasteiger partial charge in [0.15, 0.2) is 11.0 Å². The molecule has 3 aromatic rings. The number of anilines is 1. The smallest absolute Gasteiger partial charge is 0.234 e. The third-order valence-electron chi connectivity index (χ3n) is 4.00. The standard InChI is InChI=1S/C19H18Cl2N4O3S/c1-25-18(11-5-4-6-12(20)7-11)23-24-19(25)29-10-17(26)22-14-9-15(27-2)13(21)8-16(14)28-3/h4-9H,10H2,1-3H3,(H,22,26). The predicted molar refractivity (Wildman–Crippen MR) is 115 cm³/mol. The van der Waals surface area contributed by atoms with Gasteiger partial charge in [0.25, 0.3) is 0 Å². The van der Waals surface area contributed by atoms with Crippen LogP contribution in [0.5, 0.6) is 11.5 Å². The topological polar surface area (TPSA) is 78.3 Å². The number of aromatic nitrogens is 3. The van der Waals surface area contributed by atoms with Crippen LogP contribution in [0, 0.1) is 0 Å². The Bertz CT molecular complexity index is 1040. The molecule has 1 amide bonds. The lowest BCUT2D eigenvalue weighted by Gasteiger charge is -2.13. The summed E-state index contributed by atoms with van der Waals surface area (Å²) in [5.41, 5.74) is 1.32. The number of carbonyl (C=O) groups is 1. The fourth-order valence-electron chi connectivity index (χ4n) is 2.59. The molecule has 0 fully saturated rings. The number of nitrogens with one attached hydrogen (secondary N) is 1. The molecule has 0 bridgehead atoms. The highest BCUT2D eigenvalue weighted by Gasteiger charge is 2.16. The van der Waals surface area contributed by atoms with Gasteiger partial charge in [0.2, 0.25) is 5.91 Å². The van der Waals surface area contributed by atoms with Crippen molar-refractivity contribution in [3.63, 3.8) is 0 Å². The van der Waals surface area contributed by atoms with Crippen molar-refractivity contribution in [1.82, 2.24) is 14.8 Å². The van der Waals surface area contributed by atoms with E-state index < -0.39 is 0 Å². The highest BCUT2D eigenvalue weighted by molar-refractivity contribution is 7.99. The number of benzene rings is 2. The summed E-state index contributed by atoms with van der Waals surface area (Å²) in [7, 11) is 4.84. The molecular formula is C19H18Cl2N4O3S. The zero-order valence-corrected chi connectivity index (χ0v) is 18.2. The summed E-state index contributed by atoms with van der Waals surface area (Å²) in [6.45, 7) is 0. The molecule has 0 spiro atoms. The van der Waals surface area contributed by atoms with E-state index in [1.807, 2.05) is 29.8 Å². The van der Waals surface area contributed by atoms with E-state index in [1.165, 1.54) is 26.0 Å². The first-order chi connectivity index (χ1) is 13.9. The fraction of sp³-hybridized carbons (Fsp3) is 0.211. The van der Waals surface area contributed by atoms with Crippen LogP contribution in [0.2, 0.25) is 10.0 Å². The Hall–Kier alpha value is -2.42. The van der Waals surface area contributed by atoms with Crippen molar-refractivity contribution in [1.29, 1.82) is 0 Å². The van der Waals surface area contributed by atoms with Gasteiger partial charge >= 0.3 is 0 Å². The maximum absolute atomic E-state index is 12.4. The molecule has 152 valence electrons. The fourth-order valence-corrected chi connectivity index (χ4v) is 3.73. The molecule has 0 atom stereocenters. The molecule has 7 nitrogen and oxygen atoms in total. The third-order valence-corrected chi connectivity index (χ3v) is 5.55. The molecule has 29 heavy (non-hydrogen) atoms. The first-order valence-electron chi connectivity index (χ1n) is 8.42. The third kappa shape index (κ3) is 4.95. The number of hydrogen-bond acceptors (Lipinski definition) is 6. The number of halogens is 2. The van der Waals surface area contributed by atoms with E-state index in [4.69, 9.17) is 32.7 Å². The first kappa shape index (κ1) is 21.3. The Labute approximate surface area is 182 Å². The second-order valence-corrected chi connectivity index (χ2v) is 7.69. The summed E-state index contributed by atoms with van der Waals surface area (Å²) in [6, 6.07) is 10.6. The molecular weight excluding hydrogens is 435 g/mol. The van der Waals surface area contributed by atoms with E-state index in [0.29, 0.717) is 38.2 Å². The minimum atomic E-state index is -0.231. The molecule has 1 heterocycles. The predicted octanol–water partition coefficient (Wildman–Crippen LogP) is 4.54. The maximum Gasteiger partial charge on any atom is 0.234 e. The number of nitrogens with zero attached hydrogens (tertiary/aromatic N) is 3. The van der Waals surface area contributed by atoms with Crippen molar-refractivity contribution < 1.29 is 14.3 Å². The van der Waals surface area contributed by atoms with Crippen molar-refractivity contribution in [2.45, 2.75) is 5.16 Å². The van der Waals surface area contributed by atoms with E-state index >= 15 is 0 Å². The number of carbonyl (C=O) groups excluding carboxylic acids is 1. The molecule has 10 heteroatoms. The van der Waals surface area contributed by atoms with Gasteiger partial charge in [-0.15, -0.1) is 10.2 Å². The minimum absolute atomic E-state index is 0.135. The highest BCUT2D eigenvalue weighted by Crippen LogP contribution is 2.36. The van der Waals surface area contributed by atoms with Gasteiger partial charge in [0.1, 0.15) is 11.5 Å². The quantitative estimate of drug-likeness (QED) is 0.530. The van der Waals surface area contributed by atoms with Crippen molar-refractivity contribution in [2.24, 2.45) is 7.05 Å². The molecule has 0 aliphatic carbocycles. The summed E-state index contributed by atoms with van der Waals surface area (Å²) in [5, 5.41) is 12.8. The van der Waals surface area contributed by atoms with Crippen LogP contribution in [0.1, 0.15) is 0 Å². The number of amides is 1. The number of methoxy groups -OCH3 is 2. The normalized spacial score (nSPS) is 10.7. The molecule has 0 radical (unpaired) electrons. The molecule has 0 saturated carbocycles. The summed E-state index contributed by atoms with van der Waals surface area (Å²) < 4.78 is 12.3. The number of rotatable bonds is 7. The van der Waals surface area contributed by atoms with Gasteiger partial charge in [-0.2, -0.15) is 0 Å². The van der Waals surface area contributed by atoms with Crippen molar-refractivity contribution in [3.05, 3.63) is 46.4 Å². The van der Waals surface area contributed by atoms with E-state index in [1.54, 1.807) is 18.2 Å². The summed E-state index contributed by atoms with van der Waals surface area (Å²) >= 11 is 13.4. The molecule has 0 saturated heterocycles. The van der Waals surface area contributed by atoms with E-state index in [9.17, 15) is 4.79 Å². The Kier molecular flexibility index (Phi) is 6.89. The molecule has 1 aromatic heterocycles. The second kappa shape index (κ2) is 9.39. The number of hydrogen-bond donors (Lipinski definition) is 1. The van der Waals surface area contributed by atoms with Crippen LogP contribution in [0.4, 0.5) is 5.69 Å². The van der Waals surface area contributed by atoms with E-state index in [0.717, 1.165) is 5.56 Å². The average Bonchev–Trinajstić information content (AvgIpc) is 3.07. The van der Waals surface area contributed by atoms with Crippen molar-refractivity contribution in [3.8, 4) is 22.9 Å². The molecule has 0 aliphatic rings. The monoisotopic (exact) mass is 452 g/mol. The van der Waals surface area contributed by atoms with E-state index in [-0.39, 0.29) is 11.7 Å². The van der Waals surface area contributed by atoms with Crippen LogP contribution in [0.3, 0.4) is 0 Å². The summed E-state index contributed by atoms with van der Waals surface area (Å²) in [5.74, 6) is 1.45. The van der Waals surface area contributed by atoms with Crippen molar-refractivity contribution in [2.75, 3.05) is 25.3 Å². The van der Waals surface area contributed by atoms with Gasteiger partial charge in [-0.25, -0.2) is 0 Å². The van der Waals surface area contributed by atoms with Crippen LogP contribution in [0.25, 0.3) is 11.4 Å². The largest absolute Gasteiger partial charge is 0.495 e. The van der Waals surface area contributed by atoms with Crippen LogP contribution in [-0.2, 0) is 11.8 Å². The average molecular weight is 453 g/mol. The maximum atomic E-state index is 12.4. The number of ether oxygens (including phenoxy) is 2. The zero-order valence-electron chi connectivity index (χ0n) is 15.9. The molecule has 0 unspecified atom stereocenters. The lowest BCUT2D eigenvalue weighted by Crippen LogP contribution is -2.15. The van der Waals surface area contributed by atoms with Gasteiger partial charge in [-0.05, 0) is 12.1 Å². The lowest BCUT2D eigenvalue weighted by atomic mass is 10.2. The Morgan fingerprint density at radius 3 is 2.59 bits per heavy atom. The van der Waals surface area contributed by atoms with Crippen molar-refractivity contribution >= 4 is 46.6 Å². The zero-order chi connectivity index (χ0) is 21.0. The molecule has 0 aliphatic heterocycles. The minimum Gasteiger partial charge on any atom is -0.495 e. The molecule has 1 N–H and O–H groups in total. The Balaban J connectivity index is 1.69. The second-order valence-electron chi connectivity index (χ2n) is 5.90. The van der Waals surface area contributed by atoms with E-state index in [2.05, 4.69) is 15.5 Å². The molecule has 2 aromatic carbocycles. The van der Waals surface area contributed by atoms with Gasteiger partial charge in [0, 0.05) is 29.8 Å². The van der Waals surface area contributed by atoms with Gasteiger partial charge in [-0.3, -0.25) is 4.79 Å². The SMILES string of the molecule is COc1cc(NC(=O)CSc2nnc(-c3cccc(Cl)c3)n2C)c(OC)cc1Cl. The van der Waals surface area contributed by atoms with Gasteiger partial charge in [0.05, 0.1) is 30.7 Å². The lowest BCUT2D eigenvalue weighted by molar-refractivity contribution is -0.113. The van der Waals surface area contributed by atoms with Crippen LogP contribution in [-0.4, -0.2) is 40.6 Å². The van der Waals surface area contributed by atoms with Crippen LogP contribution >= 0.6 is 35.0 Å². The molecule has 3 rings (SSSR count). The van der Waals surface area contributed by atoms with Crippen LogP contribution in [0.15, 0.2) is 41.6 Å². The van der Waals surface area contributed by atoms with Crippen LogP contribution < -0.4 is 14.8 Å². The summed E-state index contributed by atoms with van der Waals surface area (Å²) in [6.07, 6.45) is 0. The first-order valence-corrected chi connectivity index (χ1v) is 10.2. The van der Waals surface area contributed by atoms with Gasteiger partial charge in [-0.1, -0.05) is 47.1 Å². The summed E-state index contributed by atoms with van der Waals surface area (Å²) in [4.78, 5) is 12.4. The van der Waals surface area contributed by atoms with Gasteiger partial charge < -0.3 is 19.4 Å².